The fraction of sp³-hybridized carbons (Fsp3) is 0.214. The van der Waals surface area contributed by atoms with E-state index in [0.29, 0.717) is 11.5 Å². The Morgan fingerprint density at radius 3 is 2.59 bits per heavy atom. The van der Waals surface area contributed by atoms with Crippen LogP contribution in [0.1, 0.15) is 18.9 Å². The number of hydrogen-bond acceptors (Lipinski definition) is 3. The van der Waals surface area contributed by atoms with Crippen LogP contribution in [0.5, 0.6) is 0 Å². The number of hydrogen-bond donors (Lipinski definition) is 2. The highest BCUT2D eigenvalue weighted by atomic mass is 15.0. The van der Waals surface area contributed by atoms with Gasteiger partial charge in [-0.1, -0.05) is 25.5 Å². The minimum Gasteiger partial charge on any atom is -0.396 e. The van der Waals surface area contributed by atoms with Crippen LogP contribution in [0.25, 0.3) is 0 Å². The van der Waals surface area contributed by atoms with Crippen molar-refractivity contribution in [2.75, 3.05) is 11.1 Å². The third-order valence-electron chi connectivity index (χ3n) is 2.59. The molecule has 2 rings (SSSR count). The maximum atomic E-state index is 5.82. The van der Waals surface area contributed by atoms with Gasteiger partial charge in [-0.3, -0.25) is 0 Å². The van der Waals surface area contributed by atoms with Gasteiger partial charge in [0.25, 0.3) is 0 Å². The maximum Gasteiger partial charge on any atom is 0.153 e. The summed E-state index contributed by atoms with van der Waals surface area (Å²) >= 11 is 0. The lowest BCUT2D eigenvalue weighted by molar-refractivity contribution is 0.922. The third kappa shape index (κ3) is 2.97. The number of benzene rings is 1. The first-order valence-electron chi connectivity index (χ1n) is 5.86. The molecule has 3 N–H and O–H groups in total. The van der Waals surface area contributed by atoms with Crippen molar-refractivity contribution in [3.8, 4) is 0 Å². The maximum absolute atomic E-state index is 5.82. The van der Waals surface area contributed by atoms with Gasteiger partial charge in [0.05, 0.1) is 5.69 Å². The van der Waals surface area contributed by atoms with Gasteiger partial charge < -0.3 is 11.1 Å². The van der Waals surface area contributed by atoms with E-state index < -0.39 is 0 Å². The molecule has 0 amide bonds. The van der Waals surface area contributed by atoms with E-state index in [9.17, 15) is 0 Å². The van der Waals surface area contributed by atoms with E-state index in [1.165, 1.54) is 12.0 Å². The molecular formula is C14H17N3. The normalized spacial score (nSPS) is 10.2. The lowest BCUT2D eigenvalue weighted by atomic mass is 10.1. The van der Waals surface area contributed by atoms with E-state index in [-0.39, 0.29) is 0 Å². The molecule has 1 aromatic heterocycles. The van der Waals surface area contributed by atoms with Crippen LogP contribution in [-0.2, 0) is 6.42 Å². The summed E-state index contributed by atoms with van der Waals surface area (Å²) in [5.41, 5.74) is 8.84. The van der Waals surface area contributed by atoms with Crippen LogP contribution in [0.3, 0.4) is 0 Å². The lowest BCUT2D eigenvalue weighted by Crippen LogP contribution is -1.98. The second kappa shape index (κ2) is 5.34. The third-order valence-corrected chi connectivity index (χ3v) is 2.59. The Kier molecular flexibility index (Phi) is 3.60. The minimum atomic E-state index is 0.658. The number of rotatable bonds is 4. The van der Waals surface area contributed by atoms with Gasteiger partial charge in [-0.25, -0.2) is 4.98 Å². The second-order valence-corrected chi connectivity index (χ2v) is 4.01. The standard InChI is InChI=1S/C14H17N3/c1-2-4-11-6-8-12(9-7-11)17-14-13(15)5-3-10-16-14/h3,5-10H,2,4,15H2,1H3,(H,16,17). The Balaban J connectivity index is 2.11. The van der Waals surface area contributed by atoms with Crippen molar-refractivity contribution in [1.82, 2.24) is 4.98 Å². The van der Waals surface area contributed by atoms with Crippen molar-refractivity contribution >= 4 is 17.2 Å². The first-order valence-corrected chi connectivity index (χ1v) is 5.86. The van der Waals surface area contributed by atoms with E-state index in [4.69, 9.17) is 5.73 Å². The predicted octanol–water partition coefficient (Wildman–Crippen LogP) is 3.36. The summed E-state index contributed by atoms with van der Waals surface area (Å²) in [6.45, 7) is 2.18. The number of nitrogens with two attached hydrogens (primary N) is 1. The van der Waals surface area contributed by atoms with Crippen LogP contribution < -0.4 is 11.1 Å². The molecule has 2 aromatic rings. The van der Waals surface area contributed by atoms with Gasteiger partial charge in [-0.2, -0.15) is 0 Å². The molecule has 3 nitrogen and oxygen atoms in total. The van der Waals surface area contributed by atoms with Gasteiger partial charge in [0.2, 0.25) is 0 Å². The summed E-state index contributed by atoms with van der Waals surface area (Å²) in [5, 5.41) is 3.21. The average molecular weight is 227 g/mol. The summed E-state index contributed by atoms with van der Waals surface area (Å²) in [7, 11) is 0. The molecule has 3 heteroatoms. The van der Waals surface area contributed by atoms with E-state index in [2.05, 4.69) is 41.5 Å². The summed E-state index contributed by atoms with van der Waals surface area (Å²) in [4.78, 5) is 4.20. The summed E-state index contributed by atoms with van der Waals surface area (Å²) in [6.07, 6.45) is 4.01. The molecule has 0 aliphatic heterocycles. The summed E-state index contributed by atoms with van der Waals surface area (Å²) in [6, 6.07) is 12.0. The largest absolute Gasteiger partial charge is 0.396 e. The number of nitrogen functional groups attached to an aromatic ring is 1. The van der Waals surface area contributed by atoms with Gasteiger partial charge >= 0.3 is 0 Å². The molecule has 88 valence electrons. The van der Waals surface area contributed by atoms with Gasteiger partial charge in [-0.15, -0.1) is 0 Å². The second-order valence-electron chi connectivity index (χ2n) is 4.01. The van der Waals surface area contributed by atoms with Crippen molar-refractivity contribution in [3.63, 3.8) is 0 Å². The molecule has 0 saturated heterocycles. The zero-order valence-electron chi connectivity index (χ0n) is 9.98. The highest BCUT2D eigenvalue weighted by molar-refractivity contribution is 5.68. The fourth-order valence-corrected chi connectivity index (χ4v) is 1.70. The summed E-state index contributed by atoms with van der Waals surface area (Å²) < 4.78 is 0. The molecule has 0 spiro atoms. The highest BCUT2D eigenvalue weighted by Gasteiger charge is 1.99. The van der Waals surface area contributed by atoms with E-state index >= 15 is 0 Å². The first kappa shape index (κ1) is 11.5. The molecule has 17 heavy (non-hydrogen) atoms. The Morgan fingerprint density at radius 1 is 1.18 bits per heavy atom. The van der Waals surface area contributed by atoms with Gasteiger partial charge in [0, 0.05) is 11.9 Å². The molecule has 0 fully saturated rings. The van der Waals surface area contributed by atoms with Crippen molar-refractivity contribution in [1.29, 1.82) is 0 Å². The van der Waals surface area contributed by atoms with Crippen LogP contribution in [0.4, 0.5) is 17.2 Å². The predicted molar refractivity (Wildman–Crippen MR) is 72.4 cm³/mol. The molecule has 0 aliphatic carbocycles. The van der Waals surface area contributed by atoms with Crippen molar-refractivity contribution in [2.45, 2.75) is 19.8 Å². The van der Waals surface area contributed by atoms with Crippen molar-refractivity contribution < 1.29 is 0 Å². The number of aromatic nitrogens is 1. The van der Waals surface area contributed by atoms with E-state index in [1.54, 1.807) is 6.20 Å². The van der Waals surface area contributed by atoms with Crippen LogP contribution >= 0.6 is 0 Å². The first-order chi connectivity index (χ1) is 8.29. The van der Waals surface area contributed by atoms with Crippen LogP contribution in [0.2, 0.25) is 0 Å². The SMILES string of the molecule is CCCc1ccc(Nc2ncccc2N)cc1. The Labute approximate surface area is 102 Å². The lowest BCUT2D eigenvalue weighted by Gasteiger charge is -2.08. The van der Waals surface area contributed by atoms with Gasteiger partial charge in [0.1, 0.15) is 0 Å². The number of aryl methyl sites for hydroxylation is 1. The average Bonchev–Trinajstić information content (AvgIpc) is 2.35. The molecule has 0 atom stereocenters. The monoisotopic (exact) mass is 227 g/mol. The Morgan fingerprint density at radius 2 is 1.94 bits per heavy atom. The Bertz CT molecular complexity index is 477. The van der Waals surface area contributed by atoms with Gasteiger partial charge in [0.15, 0.2) is 5.82 Å². The number of nitrogens with zero attached hydrogens (tertiary/aromatic N) is 1. The van der Waals surface area contributed by atoms with Crippen LogP contribution in [0.15, 0.2) is 42.6 Å². The fourth-order valence-electron chi connectivity index (χ4n) is 1.70. The Hall–Kier alpha value is -2.03. The molecule has 0 aliphatic rings. The topological polar surface area (TPSA) is 50.9 Å². The number of pyridine rings is 1. The molecular weight excluding hydrogens is 210 g/mol. The number of anilines is 3. The highest BCUT2D eigenvalue weighted by Crippen LogP contribution is 2.20. The molecule has 0 radical (unpaired) electrons. The smallest absolute Gasteiger partial charge is 0.153 e. The number of nitrogens with one attached hydrogen (secondary N) is 1. The van der Waals surface area contributed by atoms with Crippen LogP contribution in [-0.4, -0.2) is 4.98 Å². The van der Waals surface area contributed by atoms with E-state index in [0.717, 1.165) is 12.1 Å². The molecule has 0 saturated carbocycles. The minimum absolute atomic E-state index is 0.658. The van der Waals surface area contributed by atoms with Crippen molar-refractivity contribution in [2.24, 2.45) is 0 Å². The van der Waals surface area contributed by atoms with Crippen LogP contribution in [0, 0.1) is 0 Å². The van der Waals surface area contributed by atoms with E-state index in [1.807, 2.05) is 12.1 Å². The molecule has 0 bridgehead atoms. The molecule has 0 unspecified atom stereocenters. The zero-order valence-corrected chi connectivity index (χ0v) is 9.98. The zero-order chi connectivity index (χ0) is 12.1. The quantitative estimate of drug-likeness (QED) is 0.842. The van der Waals surface area contributed by atoms with Gasteiger partial charge in [-0.05, 0) is 36.2 Å². The summed E-state index contributed by atoms with van der Waals surface area (Å²) in [5.74, 6) is 0.704. The molecule has 1 heterocycles. The molecule has 1 aromatic carbocycles. The van der Waals surface area contributed by atoms with Crippen molar-refractivity contribution in [3.05, 3.63) is 48.2 Å².